The zero-order valence-corrected chi connectivity index (χ0v) is 10.8. The first-order chi connectivity index (χ1) is 8.19. The summed E-state index contributed by atoms with van der Waals surface area (Å²) in [6.45, 7) is 7.56. The average molecular weight is 232 g/mol. The molecule has 0 amide bonds. The van der Waals surface area contributed by atoms with Gasteiger partial charge in [-0.3, -0.25) is 0 Å². The van der Waals surface area contributed by atoms with Crippen LogP contribution < -0.4 is 5.32 Å². The van der Waals surface area contributed by atoms with Gasteiger partial charge in [-0.1, -0.05) is 20.8 Å². The number of hydrogen-bond donors (Lipinski definition) is 1. The van der Waals surface area contributed by atoms with E-state index in [0.717, 1.165) is 31.6 Å². The van der Waals surface area contributed by atoms with Crippen molar-refractivity contribution in [3.63, 3.8) is 0 Å². The van der Waals surface area contributed by atoms with E-state index in [4.69, 9.17) is 5.26 Å². The van der Waals surface area contributed by atoms with Gasteiger partial charge in [0.15, 0.2) is 5.69 Å². The fraction of sp³-hybridized carbons (Fsp3) is 0.615. The standard InChI is InChI=1S/C13H20N4/c1-4-13(5-2,6-3)10-15-12-8-7-11(9-14)16-17-12/h7-8H,4-6,10H2,1-3H3,(H,15,17). The van der Waals surface area contributed by atoms with Crippen molar-refractivity contribution < 1.29 is 0 Å². The number of hydrogen-bond acceptors (Lipinski definition) is 4. The van der Waals surface area contributed by atoms with E-state index < -0.39 is 0 Å². The summed E-state index contributed by atoms with van der Waals surface area (Å²) in [4.78, 5) is 0. The molecular weight excluding hydrogens is 212 g/mol. The number of nitrogens with zero attached hydrogens (tertiary/aromatic N) is 3. The summed E-state index contributed by atoms with van der Waals surface area (Å²) in [5.74, 6) is 0.740. The van der Waals surface area contributed by atoms with Crippen LogP contribution in [-0.2, 0) is 0 Å². The molecule has 4 heteroatoms. The zero-order valence-electron chi connectivity index (χ0n) is 10.8. The van der Waals surface area contributed by atoms with E-state index in [1.165, 1.54) is 0 Å². The van der Waals surface area contributed by atoms with Gasteiger partial charge in [0.1, 0.15) is 11.9 Å². The largest absolute Gasteiger partial charge is 0.368 e. The highest BCUT2D eigenvalue weighted by atomic mass is 15.2. The van der Waals surface area contributed by atoms with Crippen molar-refractivity contribution >= 4 is 5.82 Å². The van der Waals surface area contributed by atoms with Crippen LogP contribution in [0.5, 0.6) is 0 Å². The minimum atomic E-state index is 0.329. The van der Waals surface area contributed by atoms with Crippen LogP contribution in [0.25, 0.3) is 0 Å². The quantitative estimate of drug-likeness (QED) is 0.819. The Kier molecular flexibility index (Phi) is 4.89. The molecule has 17 heavy (non-hydrogen) atoms. The molecule has 0 aliphatic carbocycles. The highest BCUT2D eigenvalue weighted by molar-refractivity contribution is 5.35. The Balaban J connectivity index is 2.63. The normalized spacial score (nSPS) is 10.9. The monoisotopic (exact) mass is 232 g/mol. The van der Waals surface area contributed by atoms with Gasteiger partial charge in [0, 0.05) is 6.54 Å². The molecule has 0 aliphatic heterocycles. The Bertz CT molecular complexity index is 365. The Morgan fingerprint density at radius 2 is 1.82 bits per heavy atom. The van der Waals surface area contributed by atoms with E-state index in [-0.39, 0.29) is 0 Å². The third-order valence-electron chi connectivity index (χ3n) is 3.67. The smallest absolute Gasteiger partial charge is 0.163 e. The molecule has 92 valence electrons. The minimum Gasteiger partial charge on any atom is -0.368 e. The van der Waals surface area contributed by atoms with Gasteiger partial charge in [0.25, 0.3) is 0 Å². The summed E-state index contributed by atoms with van der Waals surface area (Å²) in [6, 6.07) is 5.44. The highest BCUT2D eigenvalue weighted by Crippen LogP contribution is 2.30. The van der Waals surface area contributed by atoms with E-state index in [2.05, 4.69) is 36.3 Å². The van der Waals surface area contributed by atoms with Gasteiger partial charge in [0.05, 0.1) is 0 Å². The third-order valence-corrected chi connectivity index (χ3v) is 3.67. The Morgan fingerprint density at radius 3 is 2.24 bits per heavy atom. The van der Waals surface area contributed by atoms with Crippen LogP contribution in [0, 0.1) is 16.7 Å². The molecule has 0 atom stereocenters. The molecule has 0 aliphatic rings. The third kappa shape index (κ3) is 3.42. The number of aromatic nitrogens is 2. The molecule has 1 rings (SSSR count). The molecule has 0 bridgehead atoms. The van der Waals surface area contributed by atoms with Crippen molar-refractivity contribution in [2.45, 2.75) is 40.0 Å². The lowest BCUT2D eigenvalue weighted by molar-refractivity contribution is 0.271. The molecule has 0 unspecified atom stereocenters. The first-order valence-electron chi connectivity index (χ1n) is 6.17. The molecular formula is C13H20N4. The zero-order chi connectivity index (χ0) is 12.7. The van der Waals surface area contributed by atoms with E-state index in [1.807, 2.05) is 6.07 Å². The van der Waals surface area contributed by atoms with Gasteiger partial charge >= 0.3 is 0 Å². The number of anilines is 1. The fourth-order valence-corrected chi connectivity index (χ4v) is 1.89. The van der Waals surface area contributed by atoms with Crippen LogP contribution >= 0.6 is 0 Å². The van der Waals surface area contributed by atoms with E-state index in [0.29, 0.717) is 11.1 Å². The van der Waals surface area contributed by atoms with Crippen LogP contribution in [-0.4, -0.2) is 16.7 Å². The average Bonchev–Trinajstić information content (AvgIpc) is 2.41. The molecule has 1 aromatic heterocycles. The fourth-order valence-electron chi connectivity index (χ4n) is 1.89. The molecule has 0 saturated carbocycles. The summed E-state index contributed by atoms with van der Waals surface area (Å²) in [5.41, 5.74) is 0.679. The summed E-state index contributed by atoms with van der Waals surface area (Å²) in [6.07, 6.45) is 3.45. The van der Waals surface area contributed by atoms with Crippen molar-refractivity contribution in [2.75, 3.05) is 11.9 Å². The first-order valence-corrected chi connectivity index (χ1v) is 6.17. The predicted molar refractivity (Wildman–Crippen MR) is 68.5 cm³/mol. The van der Waals surface area contributed by atoms with Crippen LogP contribution in [0.15, 0.2) is 12.1 Å². The maximum Gasteiger partial charge on any atom is 0.163 e. The maximum atomic E-state index is 8.63. The highest BCUT2D eigenvalue weighted by Gasteiger charge is 2.23. The number of nitriles is 1. The summed E-state index contributed by atoms with van der Waals surface area (Å²) in [5, 5.41) is 19.7. The molecule has 1 aromatic rings. The molecule has 1 N–H and O–H groups in total. The molecule has 0 fully saturated rings. The second kappa shape index (κ2) is 6.19. The van der Waals surface area contributed by atoms with Gasteiger partial charge in [-0.15, -0.1) is 10.2 Å². The molecule has 4 nitrogen and oxygen atoms in total. The summed E-state index contributed by atoms with van der Waals surface area (Å²) >= 11 is 0. The predicted octanol–water partition coefficient (Wildman–Crippen LogP) is 2.98. The Labute approximate surface area is 103 Å². The van der Waals surface area contributed by atoms with Crippen molar-refractivity contribution in [1.82, 2.24) is 10.2 Å². The second-order valence-corrected chi connectivity index (χ2v) is 4.33. The Morgan fingerprint density at radius 1 is 1.18 bits per heavy atom. The van der Waals surface area contributed by atoms with Crippen molar-refractivity contribution in [1.29, 1.82) is 5.26 Å². The molecule has 0 aromatic carbocycles. The van der Waals surface area contributed by atoms with Crippen molar-refractivity contribution in [2.24, 2.45) is 5.41 Å². The SMILES string of the molecule is CCC(CC)(CC)CNc1ccc(C#N)nn1. The molecule has 0 radical (unpaired) electrons. The summed E-state index contributed by atoms with van der Waals surface area (Å²) < 4.78 is 0. The lowest BCUT2D eigenvalue weighted by atomic mass is 9.80. The van der Waals surface area contributed by atoms with Crippen molar-refractivity contribution in [3.05, 3.63) is 17.8 Å². The molecule has 1 heterocycles. The molecule has 0 saturated heterocycles. The topological polar surface area (TPSA) is 61.6 Å². The van der Waals surface area contributed by atoms with Crippen LogP contribution in [0.2, 0.25) is 0 Å². The number of rotatable bonds is 6. The van der Waals surface area contributed by atoms with Gasteiger partial charge in [-0.25, -0.2) is 0 Å². The minimum absolute atomic E-state index is 0.329. The second-order valence-electron chi connectivity index (χ2n) is 4.33. The lowest BCUT2D eigenvalue weighted by Crippen LogP contribution is -2.28. The first kappa shape index (κ1) is 13.4. The van der Waals surface area contributed by atoms with Crippen LogP contribution in [0.4, 0.5) is 5.82 Å². The van der Waals surface area contributed by atoms with Gasteiger partial charge in [-0.05, 0) is 36.8 Å². The van der Waals surface area contributed by atoms with Crippen LogP contribution in [0.3, 0.4) is 0 Å². The maximum absolute atomic E-state index is 8.63. The van der Waals surface area contributed by atoms with Gasteiger partial charge in [-0.2, -0.15) is 5.26 Å². The van der Waals surface area contributed by atoms with E-state index >= 15 is 0 Å². The molecule has 0 spiro atoms. The van der Waals surface area contributed by atoms with Gasteiger partial charge < -0.3 is 5.32 Å². The van der Waals surface area contributed by atoms with E-state index in [1.54, 1.807) is 12.1 Å². The van der Waals surface area contributed by atoms with Crippen molar-refractivity contribution in [3.8, 4) is 6.07 Å². The Hall–Kier alpha value is -1.63. The van der Waals surface area contributed by atoms with Crippen LogP contribution in [0.1, 0.15) is 45.7 Å². The van der Waals surface area contributed by atoms with E-state index in [9.17, 15) is 0 Å². The summed E-state index contributed by atoms with van der Waals surface area (Å²) in [7, 11) is 0. The number of nitrogens with one attached hydrogen (secondary N) is 1. The van der Waals surface area contributed by atoms with Gasteiger partial charge in [0.2, 0.25) is 0 Å². The lowest BCUT2D eigenvalue weighted by Gasteiger charge is -2.30.